The lowest BCUT2D eigenvalue weighted by molar-refractivity contribution is -0.143. The van der Waals surface area contributed by atoms with Crippen LogP contribution >= 0.6 is 0 Å². The van der Waals surface area contributed by atoms with Gasteiger partial charge in [0, 0.05) is 18.5 Å². The molecule has 2 heterocycles. The SMILES string of the molecule is C[C@@H](O[C@H]1CN2C(=O)C(N)CC[C@H]2[C@@H]1c1ccc(F)cc1)c1cc(C(F)(F)F)cc(C(F)(F)F)c1. The van der Waals surface area contributed by atoms with Gasteiger partial charge in [0.25, 0.3) is 0 Å². The van der Waals surface area contributed by atoms with Gasteiger partial charge in [0.2, 0.25) is 5.91 Å². The number of hydrogen-bond acceptors (Lipinski definition) is 3. The number of hydrogen-bond donors (Lipinski definition) is 1. The van der Waals surface area contributed by atoms with Gasteiger partial charge in [-0.1, -0.05) is 12.1 Å². The van der Waals surface area contributed by atoms with Gasteiger partial charge in [-0.3, -0.25) is 4.79 Å². The zero-order valence-corrected chi connectivity index (χ0v) is 18.5. The highest BCUT2D eigenvalue weighted by Gasteiger charge is 2.49. The molecule has 0 radical (unpaired) electrons. The molecule has 2 N–H and O–H groups in total. The lowest BCUT2D eigenvalue weighted by Crippen LogP contribution is -2.51. The second-order valence-electron chi connectivity index (χ2n) is 8.98. The summed E-state index contributed by atoms with van der Waals surface area (Å²) in [5.74, 6) is -1.23. The van der Waals surface area contributed by atoms with Crippen LogP contribution in [0.3, 0.4) is 0 Å². The quantitative estimate of drug-likeness (QED) is 0.566. The Morgan fingerprint density at radius 1 is 0.971 bits per heavy atom. The first-order chi connectivity index (χ1) is 16.3. The van der Waals surface area contributed by atoms with E-state index in [1.165, 1.54) is 31.2 Å². The second-order valence-corrected chi connectivity index (χ2v) is 8.98. The molecule has 0 saturated carbocycles. The third kappa shape index (κ3) is 5.16. The van der Waals surface area contributed by atoms with Crippen LogP contribution in [0.5, 0.6) is 0 Å². The van der Waals surface area contributed by atoms with E-state index in [4.69, 9.17) is 10.5 Å². The molecule has 5 atom stereocenters. The van der Waals surface area contributed by atoms with Crippen LogP contribution in [-0.2, 0) is 21.9 Å². The summed E-state index contributed by atoms with van der Waals surface area (Å²) in [6, 6.07) is 5.87. The summed E-state index contributed by atoms with van der Waals surface area (Å²) < 4.78 is 99.4. The Bertz CT molecular complexity index is 1050. The predicted octanol–water partition coefficient (Wildman–Crippen LogP) is 5.43. The fourth-order valence-electron chi connectivity index (χ4n) is 4.96. The van der Waals surface area contributed by atoms with E-state index in [9.17, 15) is 35.5 Å². The van der Waals surface area contributed by atoms with Crippen LogP contribution in [0, 0.1) is 5.82 Å². The number of halogens is 7. The molecule has 35 heavy (non-hydrogen) atoms. The monoisotopic (exact) mass is 504 g/mol. The van der Waals surface area contributed by atoms with Crippen LogP contribution in [-0.4, -0.2) is 35.5 Å². The number of nitrogens with two attached hydrogens (primary N) is 1. The molecule has 0 aromatic heterocycles. The van der Waals surface area contributed by atoms with E-state index in [0.717, 1.165) is 0 Å². The Labute approximate surface area is 196 Å². The molecule has 2 aromatic carbocycles. The fraction of sp³-hybridized carbons (Fsp3) is 0.458. The highest BCUT2D eigenvalue weighted by molar-refractivity contribution is 5.83. The van der Waals surface area contributed by atoms with Crippen molar-refractivity contribution in [2.45, 2.75) is 62.3 Å². The predicted molar refractivity (Wildman–Crippen MR) is 112 cm³/mol. The van der Waals surface area contributed by atoms with Gasteiger partial charge >= 0.3 is 12.4 Å². The Balaban J connectivity index is 1.68. The first-order valence-corrected chi connectivity index (χ1v) is 11.0. The Morgan fingerprint density at radius 2 is 1.54 bits per heavy atom. The van der Waals surface area contributed by atoms with Gasteiger partial charge in [0.15, 0.2) is 0 Å². The summed E-state index contributed by atoms with van der Waals surface area (Å²) >= 11 is 0. The minimum Gasteiger partial charge on any atom is -0.368 e. The summed E-state index contributed by atoms with van der Waals surface area (Å²) in [6.07, 6.45) is -10.9. The Kier molecular flexibility index (Phi) is 6.60. The van der Waals surface area contributed by atoms with E-state index < -0.39 is 53.5 Å². The molecule has 2 aliphatic rings. The standard InChI is InChI=1S/C24H23F7N2O2/c1-12(14-8-15(23(26,27)28)10-16(9-14)24(29,30)31)35-20-11-33-19(7-6-18(32)22(33)34)21(20)13-2-4-17(25)5-3-13/h2-5,8-10,12,18-21H,6-7,11,32H2,1H3/t12-,18?,19+,20+,21+/m1/s1. The highest BCUT2D eigenvalue weighted by atomic mass is 19.4. The topological polar surface area (TPSA) is 55.6 Å². The minimum absolute atomic E-state index is 0.0629. The molecule has 2 fully saturated rings. The summed E-state index contributed by atoms with van der Waals surface area (Å²) in [6.45, 7) is 1.43. The molecule has 4 nitrogen and oxygen atoms in total. The van der Waals surface area contributed by atoms with Crippen LogP contribution in [0.1, 0.15) is 54.0 Å². The van der Waals surface area contributed by atoms with Gasteiger partial charge in [-0.25, -0.2) is 4.39 Å². The molecule has 2 aliphatic heterocycles. The Morgan fingerprint density at radius 3 is 2.09 bits per heavy atom. The van der Waals surface area contributed by atoms with Gasteiger partial charge < -0.3 is 15.4 Å². The molecular formula is C24H23F7N2O2. The molecule has 1 amide bonds. The fourth-order valence-corrected chi connectivity index (χ4v) is 4.96. The van der Waals surface area contributed by atoms with Crippen molar-refractivity contribution in [1.29, 1.82) is 0 Å². The number of carbonyl (C=O) groups is 1. The molecule has 2 aromatic rings. The maximum atomic E-state index is 13.5. The number of nitrogens with zero attached hydrogens (tertiary/aromatic N) is 1. The van der Waals surface area contributed by atoms with E-state index in [2.05, 4.69) is 0 Å². The van der Waals surface area contributed by atoms with Crippen molar-refractivity contribution < 1.29 is 40.3 Å². The van der Waals surface area contributed by atoms with Gasteiger partial charge in [-0.05, 0) is 61.2 Å². The normalized spacial score (nSPS) is 26.1. The molecule has 4 rings (SSSR count). The summed E-state index contributed by atoms with van der Waals surface area (Å²) in [7, 11) is 0. The maximum absolute atomic E-state index is 13.5. The number of fused-ring (bicyclic) bond motifs is 1. The average molecular weight is 504 g/mol. The zero-order valence-electron chi connectivity index (χ0n) is 18.5. The van der Waals surface area contributed by atoms with E-state index in [0.29, 0.717) is 30.5 Å². The van der Waals surface area contributed by atoms with Crippen LogP contribution in [0.2, 0.25) is 0 Å². The minimum atomic E-state index is -4.98. The third-order valence-corrected chi connectivity index (χ3v) is 6.68. The smallest absolute Gasteiger partial charge is 0.368 e. The number of rotatable bonds is 4. The summed E-state index contributed by atoms with van der Waals surface area (Å²) in [5, 5.41) is 0. The average Bonchev–Trinajstić information content (AvgIpc) is 3.14. The van der Waals surface area contributed by atoms with Crippen LogP contribution in [0.15, 0.2) is 42.5 Å². The van der Waals surface area contributed by atoms with Crippen molar-refractivity contribution in [3.63, 3.8) is 0 Å². The van der Waals surface area contributed by atoms with Gasteiger partial charge in [0.1, 0.15) is 5.82 Å². The molecular weight excluding hydrogens is 481 g/mol. The maximum Gasteiger partial charge on any atom is 0.416 e. The molecule has 11 heteroatoms. The molecule has 0 bridgehead atoms. The summed E-state index contributed by atoms with van der Waals surface area (Å²) in [4.78, 5) is 14.2. The van der Waals surface area contributed by atoms with Crippen molar-refractivity contribution in [2.24, 2.45) is 5.73 Å². The zero-order chi connectivity index (χ0) is 25.7. The first kappa shape index (κ1) is 25.4. The number of amides is 1. The number of ether oxygens (including phenoxy) is 1. The lowest BCUT2D eigenvalue weighted by atomic mass is 9.85. The van der Waals surface area contributed by atoms with Crippen molar-refractivity contribution in [3.05, 3.63) is 70.5 Å². The third-order valence-electron chi connectivity index (χ3n) is 6.68. The highest BCUT2D eigenvalue weighted by Crippen LogP contribution is 2.43. The van der Waals surface area contributed by atoms with Crippen LogP contribution in [0.25, 0.3) is 0 Å². The molecule has 190 valence electrons. The van der Waals surface area contributed by atoms with E-state index in [-0.39, 0.29) is 30.1 Å². The van der Waals surface area contributed by atoms with Gasteiger partial charge in [-0.15, -0.1) is 0 Å². The van der Waals surface area contributed by atoms with E-state index in [1.54, 1.807) is 4.90 Å². The van der Waals surface area contributed by atoms with Crippen molar-refractivity contribution >= 4 is 5.91 Å². The molecule has 2 saturated heterocycles. The van der Waals surface area contributed by atoms with E-state index >= 15 is 0 Å². The summed E-state index contributed by atoms with van der Waals surface area (Å²) in [5.41, 5.74) is 3.39. The van der Waals surface area contributed by atoms with Crippen LogP contribution < -0.4 is 5.73 Å². The number of alkyl halides is 6. The largest absolute Gasteiger partial charge is 0.416 e. The lowest BCUT2D eigenvalue weighted by Gasteiger charge is -2.35. The number of carbonyl (C=O) groups excluding carboxylic acids is 1. The van der Waals surface area contributed by atoms with Crippen LogP contribution in [0.4, 0.5) is 30.7 Å². The van der Waals surface area contributed by atoms with Crippen molar-refractivity contribution in [2.75, 3.05) is 6.54 Å². The van der Waals surface area contributed by atoms with Gasteiger partial charge in [-0.2, -0.15) is 26.3 Å². The first-order valence-electron chi connectivity index (χ1n) is 11.0. The van der Waals surface area contributed by atoms with Crippen molar-refractivity contribution in [3.8, 4) is 0 Å². The van der Waals surface area contributed by atoms with E-state index in [1.807, 2.05) is 0 Å². The number of piperidine rings is 1. The Hall–Kier alpha value is -2.66. The van der Waals surface area contributed by atoms with Gasteiger partial charge in [0.05, 0.1) is 29.4 Å². The second kappa shape index (κ2) is 9.09. The molecule has 1 unspecified atom stereocenters. The molecule has 0 aliphatic carbocycles. The molecule has 0 spiro atoms. The number of benzene rings is 2. The van der Waals surface area contributed by atoms with Crippen molar-refractivity contribution in [1.82, 2.24) is 4.90 Å².